The number of halogens is 2. The number of aliphatic hydroxyl groups is 1. The van der Waals surface area contributed by atoms with Crippen LogP contribution >= 0.6 is 43.6 Å². The molecule has 0 bridgehead atoms. The molecule has 0 fully saturated rings. The summed E-state index contributed by atoms with van der Waals surface area (Å²) in [5.41, 5.74) is 1.15. The fraction of sp³-hybridized carbons (Fsp3) is 0.200. The standard InChI is InChI=1S/C15H14Br2OS/c16-12-4-6-15(7-5-12)19-10-14(18)9-11-2-1-3-13(17)8-11/h1-8,14,18H,9-10H2. The van der Waals surface area contributed by atoms with E-state index in [4.69, 9.17) is 0 Å². The Balaban J connectivity index is 1.84. The van der Waals surface area contributed by atoms with Crippen LogP contribution in [-0.2, 0) is 6.42 Å². The Hall–Kier alpha value is -0.290. The van der Waals surface area contributed by atoms with Gasteiger partial charge in [-0.1, -0.05) is 44.0 Å². The third-order valence-electron chi connectivity index (χ3n) is 2.62. The maximum atomic E-state index is 10.1. The fourth-order valence-corrected chi connectivity index (χ4v) is 3.26. The van der Waals surface area contributed by atoms with Crippen LogP contribution in [0.2, 0.25) is 0 Å². The predicted octanol–water partition coefficient (Wildman–Crippen LogP) is 4.91. The van der Waals surface area contributed by atoms with E-state index >= 15 is 0 Å². The summed E-state index contributed by atoms with van der Waals surface area (Å²) in [7, 11) is 0. The van der Waals surface area contributed by atoms with Crippen LogP contribution in [0.3, 0.4) is 0 Å². The highest BCUT2D eigenvalue weighted by atomic mass is 79.9. The third kappa shape index (κ3) is 5.30. The molecule has 2 rings (SSSR count). The van der Waals surface area contributed by atoms with Crippen molar-refractivity contribution in [1.82, 2.24) is 0 Å². The summed E-state index contributed by atoms with van der Waals surface area (Å²) in [6, 6.07) is 16.2. The minimum atomic E-state index is -0.331. The van der Waals surface area contributed by atoms with Crippen molar-refractivity contribution in [1.29, 1.82) is 0 Å². The number of rotatable bonds is 5. The highest BCUT2D eigenvalue weighted by Crippen LogP contribution is 2.22. The molecule has 4 heteroatoms. The van der Waals surface area contributed by atoms with E-state index in [2.05, 4.69) is 44.0 Å². The van der Waals surface area contributed by atoms with Crippen molar-refractivity contribution >= 4 is 43.6 Å². The third-order valence-corrected chi connectivity index (χ3v) is 4.80. The van der Waals surface area contributed by atoms with Crippen molar-refractivity contribution in [3.8, 4) is 0 Å². The topological polar surface area (TPSA) is 20.2 Å². The molecule has 0 spiro atoms. The summed E-state index contributed by atoms with van der Waals surface area (Å²) in [4.78, 5) is 1.18. The first-order chi connectivity index (χ1) is 9.13. The molecular formula is C15H14Br2OS. The molecule has 0 saturated carbocycles. The quantitative estimate of drug-likeness (QED) is 0.718. The van der Waals surface area contributed by atoms with Crippen LogP contribution in [0.4, 0.5) is 0 Å². The molecular weight excluding hydrogens is 388 g/mol. The van der Waals surface area contributed by atoms with Gasteiger partial charge in [0.2, 0.25) is 0 Å². The normalized spacial score (nSPS) is 12.4. The number of aliphatic hydroxyl groups excluding tert-OH is 1. The van der Waals surface area contributed by atoms with Crippen LogP contribution in [-0.4, -0.2) is 17.0 Å². The minimum Gasteiger partial charge on any atom is -0.392 e. The second kappa shape index (κ2) is 7.48. The first-order valence-corrected chi connectivity index (χ1v) is 8.51. The van der Waals surface area contributed by atoms with Crippen molar-refractivity contribution < 1.29 is 5.11 Å². The van der Waals surface area contributed by atoms with Gasteiger partial charge in [0.1, 0.15) is 0 Å². The maximum absolute atomic E-state index is 10.1. The van der Waals surface area contributed by atoms with Crippen molar-refractivity contribution in [2.75, 3.05) is 5.75 Å². The Bertz CT molecular complexity index is 528. The van der Waals surface area contributed by atoms with Gasteiger partial charge in [0.05, 0.1) is 6.10 Å². The molecule has 1 N–H and O–H groups in total. The van der Waals surface area contributed by atoms with Crippen LogP contribution in [0.25, 0.3) is 0 Å². The first kappa shape index (κ1) is 15.1. The number of benzene rings is 2. The van der Waals surface area contributed by atoms with E-state index < -0.39 is 0 Å². The Morgan fingerprint density at radius 2 is 1.74 bits per heavy atom. The zero-order valence-corrected chi connectivity index (χ0v) is 14.2. The van der Waals surface area contributed by atoms with E-state index in [0.717, 1.165) is 14.5 Å². The van der Waals surface area contributed by atoms with Gasteiger partial charge < -0.3 is 5.11 Å². The molecule has 0 radical (unpaired) electrons. The molecule has 2 aromatic rings. The molecule has 0 aliphatic heterocycles. The van der Waals surface area contributed by atoms with Gasteiger partial charge in [-0.2, -0.15) is 0 Å². The van der Waals surface area contributed by atoms with Crippen molar-refractivity contribution in [3.05, 3.63) is 63.0 Å². The lowest BCUT2D eigenvalue weighted by Crippen LogP contribution is -2.13. The van der Waals surface area contributed by atoms with Crippen LogP contribution < -0.4 is 0 Å². The predicted molar refractivity (Wildman–Crippen MR) is 88.7 cm³/mol. The van der Waals surface area contributed by atoms with Gasteiger partial charge in [-0.15, -0.1) is 11.8 Å². The molecule has 1 nitrogen and oxygen atoms in total. The van der Waals surface area contributed by atoms with Crippen LogP contribution in [0.5, 0.6) is 0 Å². The number of hydrogen-bond donors (Lipinski definition) is 1. The molecule has 0 amide bonds. The van der Waals surface area contributed by atoms with E-state index in [-0.39, 0.29) is 6.10 Å². The van der Waals surface area contributed by atoms with Gasteiger partial charge in [0, 0.05) is 19.6 Å². The zero-order valence-electron chi connectivity index (χ0n) is 10.2. The highest BCUT2D eigenvalue weighted by molar-refractivity contribution is 9.10. The minimum absolute atomic E-state index is 0.331. The summed E-state index contributed by atoms with van der Waals surface area (Å²) in [6.07, 6.45) is 0.353. The van der Waals surface area contributed by atoms with Crippen LogP contribution in [0.15, 0.2) is 62.4 Å². The number of thioether (sulfide) groups is 1. The molecule has 0 heterocycles. The van der Waals surface area contributed by atoms with Gasteiger partial charge in [0.15, 0.2) is 0 Å². The van der Waals surface area contributed by atoms with Crippen molar-refractivity contribution in [2.45, 2.75) is 17.4 Å². The molecule has 0 aliphatic carbocycles. The molecule has 0 saturated heterocycles. The second-order valence-electron chi connectivity index (χ2n) is 4.25. The second-order valence-corrected chi connectivity index (χ2v) is 7.18. The van der Waals surface area contributed by atoms with E-state index in [1.807, 2.05) is 36.4 Å². The molecule has 19 heavy (non-hydrogen) atoms. The van der Waals surface area contributed by atoms with E-state index in [0.29, 0.717) is 12.2 Å². The smallest absolute Gasteiger partial charge is 0.0674 e. The highest BCUT2D eigenvalue weighted by Gasteiger charge is 2.07. The molecule has 2 aromatic carbocycles. The zero-order chi connectivity index (χ0) is 13.7. The summed E-state index contributed by atoms with van der Waals surface area (Å²) in [6.45, 7) is 0. The Kier molecular flexibility index (Phi) is 5.95. The summed E-state index contributed by atoms with van der Waals surface area (Å²) in [5, 5.41) is 10.1. The van der Waals surface area contributed by atoms with Gasteiger partial charge in [-0.25, -0.2) is 0 Å². The van der Waals surface area contributed by atoms with Gasteiger partial charge >= 0.3 is 0 Å². The molecule has 1 unspecified atom stereocenters. The molecule has 1 atom stereocenters. The van der Waals surface area contributed by atoms with E-state index in [9.17, 15) is 5.11 Å². The summed E-state index contributed by atoms with van der Waals surface area (Å²) >= 11 is 8.53. The monoisotopic (exact) mass is 400 g/mol. The van der Waals surface area contributed by atoms with Crippen LogP contribution in [0, 0.1) is 0 Å². The average molecular weight is 402 g/mol. The van der Waals surface area contributed by atoms with Crippen molar-refractivity contribution in [2.24, 2.45) is 0 Å². The Morgan fingerprint density at radius 1 is 1.00 bits per heavy atom. The Morgan fingerprint density at radius 3 is 2.42 bits per heavy atom. The lowest BCUT2D eigenvalue weighted by atomic mass is 10.1. The lowest BCUT2D eigenvalue weighted by molar-refractivity contribution is 0.200. The fourth-order valence-electron chi connectivity index (χ4n) is 1.72. The molecule has 0 aliphatic rings. The average Bonchev–Trinajstić information content (AvgIpc) is 2.38. The van der Waals surface area contributed by atoms with Gasteiger partial charge in [0.25, 0.3) is 0 Å². The first-order valence-electron chi connectivity index (χ1n) is 5.94. The molecule has 0 aromatic heterocycles. The summed E-state index contributed by atoms with van der Waals surface area (Å²) in [5.74, 6) is 0.703. The Labute approximate surface area is 134 Å². The van der Waals surface area contributed by atoms with Crippen molar-refractivity contribution in [3.63, 3.8) is 0 Å². The largest absolute Gasteiger partial charge is 0.392 e. The molecule has 100 valence electrons. The van der Waals surface area contributed by atoms with Crippen LogP contribution in [0.1, 0.15) is 5.56 Å². The maximum Gasteiger partial charge on any atom is 0.0674 e. The van der Waals surface area contributed by atoms with Gasteiger partial charge in [-0.3, -0.25) is 0 Å². The van der Waals surface area contributed by atoms with E-state index in [1.165, 1.54) is 4.90 Å². The van der Waals surface area contributed by atoms with E-state index in [1.54, 1.807) is 11.8 Å². The number of hydrogen-bond acceptors (Lipinski definition) is 2. The SMILES string of the molecule is OC(CSc1ccc(Br)cc1)Cc1cccc(Br)c1. The van der Waals surface area contributed by atoms with Gasteiger partial charge in [-0.05, 0) is 48.4 Å². The lowest BCUT2D eigenvalue weighted by Gasteiger charge is -2.10. The summed E-state index contributed by atoms with van der Waals surface area (Å²) < 4.78 is 2.13.